The lowest BCUT2D eigenvalue weighted by molar-refractivity contribution is 0.0953. The molecule has 24 heavy (non-hydrogen) atoms. The molecule has 0 fully saturated rings. The molecule has 0 saturated carbocycles. The van der Waals surface area contributed by atoms with Gasteiger partial charge >= 0.3 is 0 Å². The second-order valence-corrected chi connectivity index (χ2v) is 5.07. The van der Waals surface area contributed by atoms with Crippen LogP contribution in [0.1, 0.15) is 37.0 Å². The van der Waals surface area contributed by atoms with Crippen LogP contribution in [0.5, 0.6) is 11.5 Å². The molecule has 0 spiro atoms. The topological polar surface area (TPSA) is 78.3 Å². The fourth-order valence-corrected chi connectivity index (χ4v) is 2.32. The minimum absolute atomic E-state index is 0.151. The van der Waals surface area contributed by atoms with E-state index >= 15 is 0 Å². The van der Waals surface area contributed by atoms with E-state index in [0.29, 0.717) is 43.2 Å². The van der Waals surface area contributed by atoms with E-state index in [9.17, 15) is 4.79 Å². The third-order valence-electron chi connectivity index (χ3n) is 3.48. The molecule has 1 N–H and O–H groups in total. The van der Waals surface area contributed by atoms with E-state index in [1.807, 2.05) is 25.3 Å². The molecule has 7 nitrogen and oxygen atoms in total. The van der Waals surface area contributed by atoms with Crippen molar-refractivity contribution in [1.82, 2.24) is 20.1 Å². The molecule has 0 aliphatic rings. The zero-order valence-corrected chi connectivity index (χ0v) is 14.4. The fraction of sp³-hybridized carbons (Fsp3) is 0.471. The molecule has 7 heteroatoms. The summed E-state index contributed by atoms with van der Waals surface area (Å²) >= 11 is 0. The normalized spacial score (nSPS) is 10.5. The number of carbonyl (C=O) groups is 1. The second-order valence-electron chi connectivity index (χ2n) is 5.07. The van der Waals surface area contributed by atoms with Gasteiger partial charge in [0.2, 0.25) is 0 Å². The number of nitrogens with zero attached hydrogens (tertiary/aromatic N) is 3. The Balaban J connectivity index is 1.97. The van der Waals surface area contributed by atoms with Crippen LogP contribution in [0.15, 0.2) is 24.5 Å². The summed E-state index contributed by atoms with van der Waals surface area (Å²) in [5.74, 6) is 1.94. The van der Waals surface area contributed by atoms with Crippen LogP contribution in [0.4, 0.5) is 0 Å². The van der Waals surface area contributed by atoms with Gasteiger partial charge in [-0.15, -0.1) is 10.2 Å². The van der Waals surface area contributed by atoms with Crippen molar-refractivity contribution >= 4 is 5.91 Å². The van der Waals surface area contributed by atoms with Crippen LogP contribution < -0.4 is 14.8 Å². The molecule has 1 heterocycles. The number of ether oxygens (including phenoxy) is 2. The molecule has 130 valence electrons. The van der Waals surface area contributed by atoms with Crippen molar-refractivity contribution in [2.75, 3.05) is 19.8 Å². The van der Waals surface area contributed by atoms with Gasteiger partial charge < -0.3 is 19.4 Å². The average molecular weight is 332 g/mol. The van der Waals surface area contributed by atoms with Crippen molar-refractivity contribution in [3.63, 3.8) is 0 Å². The molecule has 0 atom stereocenters. The van der Waals surface area contributed by atoms with E-state index in [2.05, 4.69) is 15.5 Å². The summed E-state index contributed by atoms with van der Waals surface area (Å²) in [5, 5.41) is 10.8. The summed E-state index contributed by atoms with van der Waals surface area (Å²) < 4.78 is 13.0. The number of nitrogens with one attached hydrogen (secondary N) is 1. The Morgan fingerprint density at radius 1 is 1.17 bits per heavy atom. The predicted octanol–water partition coefficient (Wildman–Crippen LogP) is 2.07. The zero-order valence-electron chi connectivity index (χ0n) is 14.4. The van der Waals surface area contributed by atoms with Crippen molar-refractivity contribution in [2.24, 2.45) is 0 Å². The van der Waals surface area contributed by atoms with Gasteiger partial charge in [0, 0.05) is 25.1 Å². The number of amides is 1. The summed E-state index contributed by atoms with van der Waals surface area (Å²) in [6.45, 7) is 8.20. The molecule has 0 aliphatic heterocycles. The van der Waals surface area contributed by atoms with Crippen LogP contribution in [0.25, 0.3) is 0 Å². The quantitative estimate of drug-likeness (QED) is 0.760. The molecule has 0 radical (unpaired) electrons. The van der Waals surface area contributed by atoms with Crippen molar-refractivity contribution in [3.05, 3.63) is 35.9 Å². The molecule has 1 amide bonds. The average Bonchev–Trinajstić information content (AvgIpc) is 3.04. The van der Waals surface area contributed by atoms with Crippen LogP contribution >= 0.6 is 0 Å². The van der Waals surface area contributed by atoms with Gasteiger partial charge in [-0.1, -0.05) is 0 Å². The molecule has 2 aromatic rings. The van der Waals surface area contributed by atoms with Gasteiger partial charge in [-0.25, -0.2) is 0 Å². The van der Waals surface area contributed by atoms with Gasteiger partial charge in [0.1, 0.15) is 12.2 Å². The van der Waals surface area contributed by atoms with Gasteiger partial charge in [0.05, 0.1) is 13.2 Å². The Morgan fingerprint density at radius 3 is 2.62 bits per heavy atom. The van der Waals surface area contributed by atoms with Crippen LogP contribution in [0.3, 0.4) is 0 Å². The highest BCUT2D eigenvalue weighted by Gasteiger charge is 2.12. The number of benzene rings is 1. The lowest BCUT2D eigenvalue weighted by Gasteiger charge is -2.12. The van der Waals surface area contributed by atoms with E-state index < -0.39 is 0 Å². The SMILES string of the molecule is CCOc1ccc(C(=O)NCCc2nncn2CC)cc1OCC. The Morgan fingerprint density at radius 2 is 1.92 bits per heavy atom. The maximum Gasteiger partial charge on any atom is 0.251 e. The molecule has 0 saturated heterocycles. The second kappa shape index (κ2) is 8.90. The first-order valence-corrected chi connectivity index (χ1v) is 8.24. The molecule has 0 aliphatic carbocycles. The Kier molecular flexibility index (Phi) is 6.60. The van der Waals surface area contributed by atoms with Gasteiger partial charge in [0.15, 0.2) is 11.5 Å². The molecular formula is C17H24N4O3. The molecule has 0 bridgehead atoms. The molecule has 1 aromatic heterocycles. The van der Waals surface area contributed by atoms with Crippen LogP contribution in [-0.4, -0.2) is 40.4 Å². The Bertz CT molecular complexity index is 670. The minimum atomic E-state index is -0.151. The van der Waals surface area contributed by atoms with Gasteiger partial charge in [-0.2, -0.15) is 0 Å². The van der Waals surface area contributed by atoms with Gasteiger partial charge in [0.25, 0.3) is 5.91 Å². The van der Waals surface area contributed by atoms with Crippen molar-refractivity contribution in [3.8, 4) is 11.5 Å². The van der Waals surface area contributed by atoms with E-state index in [1.54, 1.807) is 24.5 Å². The first kappa shape index (κ1) is 17.8. The minimum Gasteiger partial charge on any atom is -0.490 e. The summed E-state index contributed by atoms with van der Waals surface area (Å²) in [7, 11) is 0. The molecule has 1 aromatic carbocycles. The maximum absolute atomic E-state index is 12.3. The van der Waals surface area contributed by atoms with Gasteiger partial charge in [-0.05, 0) is 39.0 Å². The highest BCUT2D eigenvalue weighted by atomic mass is 16.5. The van der Waals surface area contributed by atoms with E-state index in [4.69, 9.17) is 9.47 Å². The smallest absolute Gasteiger partial charge is 0.251 e. The standard InChI is InChI=1S/C17H24N4O3/c1-4-21-12-19-20-16(21)9-10-18-17(22)13-7-8-14(23-5-2)15(11-13)24-6-3/h7-8,11-12H,4-6,9-10H2,1-3H3,(H,18,22). The predicted molar refractivity (Wildman–Crippen MR) is 90.5 cm³/mol. The van der Waals surface area contributed by atoms with Crippen LogP contribution in [-0.2, 0) is 13.0 Å². The number of aromatic nitrogens is 3. The Labute approximate surface area is 142 Å². The molecule has 0 unspecified atom stereocenters. The highest BCUT2D eigenvalue weighted by Crippen LogP contribution is 2.28. The van der Waals surface area contributed by atoms with E-state index in [-0.39, 0.29) is 5.91 Å². The lowest BCUT2D eigenvalue weighted by atomic mass is 10.2. The molecule has 2 rings (SSSR count). The Hall–Kier alpha value is -2.57. The monoisotopic (exact) mass is 332 g/mol. The third-order valence-corrected chi connectivity index (χ3v) is 3.48. The summed E-state index contributed by atoms with van der Waals surface area (Å²) in [5.41, 5.74) is 0.541. The fourth-order valence-electron chi connectivity index (χ4n) is 2.32. The van der Waals surface area contributed by atoms with Crippen molar-refractivity contribution in [2.45, 2.75) is 33.7 Å². The van der Waals surface area contributed by atoms with E-state index in [1.165, 1.54) is 0 Å². The third kappa shape index (κ3) is 4.47. The zero-order chi connectivity index (χ0) is 17.4. The van der Waals surface area contributed by atoms with Crippen molar-refractivity contribution < 1.29 is 14.3 Å². The van der Waals surface area contributed by atoms with Crippen LogP contribution in [0, 0.1) is 0 Å². The number of hydrogen-bond donors (Lipinski definition) is 1. The first-order chi connectivity index (χ1) is 11.7. The maximum atomic E-state index is 12.3. The number of aryl methyl sites for hydroxylation is 1. The van der Waals surface area contributed by atoms with E-state index in [0.717, 1.165) is 12.4 Å². The summed E-state index contributed by atoms with van der Waals surface area (Å²) in [4.78, 5) is 12.3. The van der Waals surface area contributed by atoms with Crippen molar-refractivity contribution in [1.29, 1.82) is 0 Å². The summed E-state index contributed by atoms with van der Waals surface area (Å²) in [6, 6.07) is 5.20. The largest absolute Gasteiger partial charge is 0.490 e. The first-order valence-electron chi connectivity index (χ1n) is 8.24. The summed E-state index contributed by atoms with van der Waals surface area (Å²) in [6.07, 6.45) is 2.33. The highest BCUT2D eigenvalue weighted by molar-refractivity contribution is 5.94. The number of rotatable bonds is 9. The number of hydrogen-bond acceptors (Lipinski definition) is 5. The van der Waals surface area contributed by atoms with Gasteiger partial charge in [-0.3, -0.25) is 4.79 Å². The lowest BCUT2D eigenvalue weighted by Crippen LogP contribution is -2.26. The van der Waals surface area contributed by atoms with Crippen LogP contribution in [0.2, 0.25) is 0 Å². The number of carbonyl (C=O) groups excluding carboxylic acids is 1. The molecular weight excluding hydrogens is 308 g/mol.